The van der Waals surface area contributed by atoms with Gasteiger partial charge in [0.2, 0.25) is 0 Å². The van der Waals surface area contributed by atoms with Crippen molar-refractivity contribution in [3.63, 3.8) is 0 Å². The molecule has 2 rings (SSSR count). The standard InChI is InChI=1S/C17H29NO/c1-13(16-6-5-11-19-16)18-12-14-7-9-15(10-8-14)17(2,3)4/h5-6,11,13-15,18H,7-10,12H2,1-4H3/t13-,14?,15?/m0/s1. The Hall–Kier alpha value is -0.760. The Balaban J connectivity index is 1.71. The van der Waals surface area contributed by atoms with Gasteiger partial charge in [-0.25, -0.2) is 0 Å². The van der Waals surface area contributed by atoms with Crippen LogP contribution in [0.25, 0.3) is 0 Å². The van der Waals surface area contributed by atoms with E-state index in [1.165, 1.54) is 25.7 Å². The first-order valence-electron chi connectivity index (χ1n) is 7.73. The van der Waals surface area contributed by atoms with E-state index in [2.05, 4.69) is 33.0 Å². The number of hydrogen-bond donors (Lipinski definition) is 1. The van der Waals surface area contributed by atoms with Crippen LogP contribution in [0.15, 0.2) is 22.8 Å². The van der Waals surface area contributed by atoms with Crippen LogP contribution in [0.3, 0.4) is 0 Å². The minimum absolute atomic E-state index is 0.329. The molecule has 0 aromatic carbocycles. The van der Waals surface area contributed by atoms with E-state index in [1.54, 1.807) is 6.26 Å². The maximum absolute atomic E-state index is 5.43. The lowest BCUT2D eigenvalue weighted by atomic mass is 9.70. The molecule has 1 heterocycles. The number of furan rings is 1. The first-order valence-corrected chi connectivity index (χ1v) is 7.73. The van der Waals surface area contributed by atoms with Gasteiger partial charge in [0.1, 0.15) is 5.76 Å². The van der Waals surface area contributed by atoms with Crippen LogP contribution in [-0.2, 0) is 0 Å². The van der Waals surface area contributed by atoms with Crippen LogP contribution in [0.2, 0.25) is 0 Å². The van der Waals surface area contributed by atoms with Crippen molar-refractivity contribution in [2.75, 3.05) is 6.54 Å². The van der Waals surface area contributed by atoms with Gasteiger partial charge in [0.25, 0.3) is 0 Å². The lowest BCUT2D eigenvalue weighted by Gasteiger charge is -2.37. The zero-order chi connectivity index (χ0) is 13.9. The van der Waals surface area contributed by atoms with Gasteiger partial charge in [0, 0.05) is 0 Å². The van der Waals surface area contributed by atoms with Crippen molar-refractivity contribution in [3.8, 4) is 0 Å². The second kappa shape index (κ2) is 6.13. The van der Waals surface area contributed by atoms with E-state index in [-0.39, 0.29) is 0 Å². The fourth-order valence-corrected chi connectivity index (χ4v) is 3.21. The molecule has 19 heavy (non-hydrogen) atoms. The summed E-state index contributed by atoms with van der Waals surface area (Å²) in [5.41, 5.74) is 0.486. The fourth-order valence-electron chi connectivity index (χ4n) is 3.21. The summed E-state index contributed by atoms with van der Waals surface area (Å²) in [4.78, 5) is 0. The number of nitrogens with one attached hydrogen (secondary N) is 1. The SMILES string of the molecule is C[C@H](NCC1CCC(C(C)(C)C)CC1)c1ccco1. The summed E-state index contributed by atoms with van der Waals surface area (Å²) in [5.74, 6) is 2.80. The maximum atomic E-state index is 5.43. The van der Waals surface area contributed by atoms with Gasteiger partial charge in [-0.3, -0.25) is 0 Å². The molecule has 2 nitrogen and oxygen atoms in total. The third-order valence-electron chi connectivity index (χ3n) is 4.75. The molecular formula is C17H29NO. The largest absolute Gasteiger partial charge is 0.468 e. The number of hydrogen-bond acceptors (Lipinski definition) is 2. The smallest absolute Gasteiger partial charge is 0.120 e. The Labute approximate surface area is 118 Å². The molecule has 1 N–H and O–H groups in total. The zero-order valence-corrected chi connectivity index (χ0v) is 12.9. The van der Waals surface area contributed by atoms with Crippen LogP contribution in [0.1, 0.15) is 65.2 Å². The molecule has 1 fully saturated rings. The normalized spacial score (nSPS) is 26.3. The van der Waals surface area contributed by atoms with Crippen molar-refractivity contribution in [2.45, 2.75) is 59.4 Å². The van der Waals surface area contributed by atoms with Crippen LogP contribution in [0, 0.1) is 17.3 Å². The number of rotatable bonds is 4. The lowest BCUT2D eigenvalue weighted by molar-refractivity contribution is 0.147. The van der Waals surface area contributed by atoms with Gasteiger partial charge in [-0.1, -0.05) is 20.8 Å². The summed E-state index contributed by atoms with van der Waals surface area (Å²) >= 11 is 0. The summed E-state index contributed by atoms with van der Waals surface area (Å²) in [6.07, 6.45) is 7.29. The van der Waals surface area contributed by atoms with Crippen LogP contribution in [0.4, 0.5) is 0 Å². The maximum Gasteiger partial charge on any atom is 0.120 e. The topological polar surface area (TPSA) is 25.2 Å². The minimum atomic E-state index is 0.329. The molecule has 2 heteroatoms. The molecule has 1 aromatic rings. The third-order valence-corrected chi connectivity index (χ3v) is 4.75. The Kier molecular flexibility index (Phi) is 4.72. The average Bonchev–Trinajstić information content (AvgIpc) is 2.89. The first kappa shape index (κ1) is 14.6. The van der Waals surface area contributed by atoms with Crippen LogP contribution in [0.5, 0.6) is 0 Å². The van der Waals surface area contributed by atoms with Gasteiger partial charge in [0.15, 0.2) is 0 Å². The molecule has 0 saturated heterocycles. The molecule has 1 aromatic heterocycles. The molecule has 108 valence electrons. The molecule has 0 radical (unpaired) electrons. The Morgan fingerprint density at radius 1 is 1.26 bits per heavy atom. The molecule has 1 saturated carbocycles. The highest BCUT2D eigenvalue weighted by atomic mass is 16.3. The van der Waals surface area contributed by atoms with Crippen molar-refractivity contribution in [2.24, 2.45) is 17.3 Å². The summed E-state index contributed by atoms with van der Waals surface area (Å²) in [6, 6.07) is 4.34. The van der Waals surface area contributed by atoms with Crippen LogP contribution in [-0.4, -0.2) is 6.54 Å². The molecule has 0 amide bonds. The molecular weight excluding hydrogens is 234 g/mol. The Bertz CT molecular complexity index is 355. The van der Waals surface area contributed by atoms with Crippen molar-refractivity contribution in [1.29, 1.82) is 0 Å². The van der Waals surface area contributed by atoms with Crippen LogP contribution < -0.4 is 5.32 Å². The second-order valence-electron chi connectivity index (χ2n) is 7.23. The van der Waals surface area contributed by atoms with E-state index >= 15 is 0 Å². The zero-order valence-electron chi connectivity index (χ0n) is 12.9. The molecule has 0 bridgehead atoms. The van der Waals surface area contributed by atoms with Gasteiger partial charge in [-0.15, -0.1) is 0 Å². The van der Waals surface area contributed by atoms with E-state index in [9.17, 15) is 0 Å². The van der Waals surface area contributed by atoms with E-state index in [4.69, 9.17) is 4.42 Å². The Morgan fingerprint density at radius 3 is 2.47 bits per heavy atom. The average molecular weight is 263 g/mol. The summed E-state index contributed by atoms with van der Waals surface area (Å²) in [6.45, 7) is 10.5. The summed E-state index contributed by atoms with van der Waals surface area (Å²) in [7, 11) is 0. The van der Waals surface area contributed by atoms with Gasteiger partial charge < -0.3 is 9.73 Å². The van der Waals surface area contributed by atoms with Crippen molar-refractivity contribution < 1.29 is 4.42 Å². The van der Waals surface area contributed by atoms with Crippen LogP contribution >= 0.6 is 0 Å². The fraction of sp³-hybridized carbons (Fsp3) is 0.765. The van der Waals surface area contributed by atoms with E-state index in [0.29, 0.717) is 11.5 Å². The quantitative estimate of drug-likeness (QED) is 0.845. The second-order valence-corrected chi connectivity index (χ2v) is 7.23. The summed E-state index contributed by atoms with van der Waals surface area (Å²) < 4.78 is 5.43. The summed E-state index contributed by atoms with van der Waals surface area (Å²) in [5, 5.41) is 3.61. The van der Waals surface area contributed by atoms with Gasteiger partial charge in [-0.05, 0) is 68.5 Å². The van der Waals surface area contributed by atoms with Gasteiger partial charge in [0.05, 0.1) is 12.3 Å². The van der Waals surface area contributed by atoms with Crippen molar-refractivity contribution in [1.82, 2.24) is 5.32 Å². The van der Waals surface area contributed by atoms with Gasteiger partial charge in [-0.2, -0.15) is 0 Å². The molecule has 1 aliphatic rings. The lowest BCUT2D eigenvalue weighted by Crippen LogP contribution is -2.31. The van der Waals surface area contributed by atoms with Crippen molar-refractivity contribution >= 4 is 0 Å². The van der Waals surface area contributed by atoms with E-state index in [1.807, 2.05) is 12.1 Å². The van der Waals surface area contributed by atoms with Gasteiger partial charge >= 0.3 is 0 Å². The van der Waals surface area contributed by atoms with Crippen molar-refractivity contribution in [3.05, 3.63) is 24.2 Å². The highest BCUT2D eigenvalue weighted by molar-refractivity contribution is 5.02. The minimum Gasteiger partial charge on any atom is -0.468 e. The monoisotopic (exact) mass is 263 g/mol. The predicted octanol–water partition coefficient (Wildman–Crippen LogP) is 4.78. The highest BCUT2D eigenvalue weighted by Gasteiger charge is 2.29. The molecule has 1 atom stereocenters. The predicted molar refractivity (Wildman–Crippen MR) is 80.0 cm³/mol. The molecule has 0 spiro atoms. The molecule has 1 aliphatic carbocycles. The highest BCUT2D eigenvalue weighted by Crippen LogP contribution is 2.39. The third kappa shape index (κ3) is 4.10. The first-order chi connectivity index (χ1) is 8.97. The molecule has 0 aliphatic heterocycles. The Morgan fingerprint density at radius 2 is 1.95 bits per heavy atom. The van der Waals surface area contributed by atoms with E-state index < -0.39 is 0 Å². The van der Waals surface area contributed by atoms with E-state index in [0.717, 1.165) is 24.1 Å². The molecule has 0 unspecified atom stereocenters.